The topological polar surface area (TPSA) is 124 Å². The second kappa shape index (κ2) is 11.5. The molecule has 0 aliphatic carbocycles. The van der Waals surface area contributed by atoms with Crippen LogP contribution in [0.15, 0.2) is 29.2 Å². The molecule has 2 N–H and O–H groups in total. The average molecular weight is 512 g/mol. The van der Waals surface area contributed by atoms with Crippen LogP contribution in [0.4, 0.5) is 0 Å². The lowest BCUT2D eigenvalue weighted by molar-refractivity contribution is -0.151. The second-order valence-electron chi connectivity index (χ2n) is 8.90. The maximum atomic E-state index is 13.3. The summed E-state index contributed by atoms with van der Waals surface area (Å²) in [6.07, 6.45) is 4.28. The number of aryl methyl sites for hydroxylation is 1. The van der Waals surface area contributed by atoms with Gasteiger partial charge in [-0.1, -0.05) is 17.7 Å². The SMILES string of the molecule is CSCC[C@H](NS(=O)(=O)c1ccc(C)cc1)C(=O)N1CCC(C(=O)N2CCC[C@H]2C(=O)O)CC1. The van der Waals surface area contributed by atoms with E-state index in [0.717, 1.165) is 5.56 Å². The van der Waals surface area contributed by atoms with Gasteiger partial charge in [0, 0.05) is 25.6 Å². The van der Waals surface area contributed by atoms with Crippen LogP contribution in [-0.2, 0) is 24.4 Å². The molecule has 0 saturated carbocycles. The summed E-state index contributed by atoms with van der Waals surface area (Å²) in [5, 5.41) is 9.36. The zero-order valence-corrected chi connectivity index (χ0v) is 21.2. The van der Waals surface area contributed by atoms with Gasteiger partial charge in [0.05, 0.1) is 4.90 Å². The molecule has 188 valence electrons. The quantitative estimate of drug-likeness (QED) is 0.517. The molecule has 2 aliphatic rings. The molecule has 3 rings (SSSR count). The van der Waals surface area contributed by atoms with Crippen molar-refractivity contribution < 1.29 is 27.9 Å². The third-order valence-electron chi connectivity index (χ3n) is 6.51. The first-order chi connectivity index (χ1) is 16.1. The van der Waals surface area contributed by atoms with Gasteiger partial charge in [0.2, 0.25) is 21.8 Å². The van der Waals surface area contributed by atoms with Crippen molar-refractivity contribution in [2.45, 2.75) is 56.0 Å². The van der Waals surface area contributed by atoms with Crippen LogP contribution in [0.2, 0.25) is 0 Å². The van der Waals surface area contributed by atoms with Gasteiger partial charge in [0.25, 0.3) is 0 Å². The number of hydrogen-bond acceptors (Lipinski definition) is 6. The van der Waals surface area contributed by atoms with Gasteiger partial charge < -0.3 is 14.9 Å². The van der Waals surface area contributed by atoms with Gasteiger partial charge in [-0.05, 0) is 63.2 Å². The molecule has 2 fully saturated rings. The Balaban J connectivity index is 1.63. The van der Waals surface area contributed by atoms with Crippen molar-refractivity contribution in [3.63, 3.8) is 0 Å². The van der Waals surface area contributed by atoms with E-state index < -0.39 is 28.1 Å². The summed E-state index contributed by atoms with van der Waals surface area (Å²) < 4.78 is 28.4. The number of nitrogens with one attached hydrogen (secondary N) is 1. The molecule has 11 heteroatoms. The third kappa shape index (κ3) is 6.31. The van der Waals surface area contributed by atoms with E-state index in [1.165, 1.54) is 28.8 Å². The normalized spacial score (nSPS) is 20.4. The van der Waals surface area contributed by atoms with Gasteiger partial charge in [-0.25, -0.2) is 13.2 Å². The summed E-state index contributed by atoms with van der Waals surface area (Å²) in [5.41, 5.74) is 0.940. The average Bonchev–Trinajstić information content (AvgIpc) is 3.31. The number of sulfonamides is 1. The molecule has 0 spiro atoms. The zero-order chi connectivity index (χ0) is 24.9. The third-order valence-corrected chi connectivity index (χ3v) is 8.65. The van der Waals surface area contributed by atoms with Crippen molar-refractivity contribution in [1.82, 2.24) is 14.5 Å². The number of piperidine rings is 1. The highest BCUT2D eigenvalue weighted by Gasteiger charge is 2.39. The molecular formula is C23H33N3O6S2. The van der Waals surface area contributed by atoms with Crippen LogP contribution < -0.4 is 4.72 Å². The standard InChI is InChI=1S/C23H33N3O6S2/c1-16-5-7-18(8-6-16)34(31,32)24-19(11-15-33-2)22(28)25-13-9-17(10-14-25)21(27)26-12-3-4-20(26)23(29)30/h5-8,17,19-20,24H,3-4,9-15H2,1-2H3,(H,29,30)/t19-,20-/m0/s1. The summed E-state index contributed by atoms with van der Waals surface area (Å²) in [6, 6.07) is 4.82. The number of carbonyl (C=O) groups excluding carboxylic acids is 2. The summed E-state index contributed by atoms with van der Waals surface area (Å²) in [6.45, 7) is 2.99. The fraction of sp³-hybridized carbons (Fsp3) is 0.609. The molecular weight excluding hydrogens is 478 g/mol. The fourth-order valence-electron chi connectivity index (χ4n) is 4.53. The van der Waals surface area contributed by atoms with Gasteiger partial charge in [-0.2, -0.15) is 16.5 Å². The zero-order valence-electron chi connectivity index (χ0n) is 19.6. The van der Waals surface area contributed by atoms with Gasteiger partial charge in [0.1, 0.15) is 12.1 Å². The van der Waals surface area contributed by atoms with Crippen molar-refractivity contribution in [2.75, 3.05) is 31.6 Å². The first kappa shape index (κ1) is 26.5. The molecule has 1 aromatic rings. The number of carboxylic acid groups (broad SMARTS) is 1. The highest BCUT2D eigenvalue weighted by molar-refractivity contribution is 7.98. The molecule has 2 aliphatic heterocycles. The maximum absolute atomic E-state index is 13.3. The fourth-order valence-corrected chi connectivity index (χ4v) is 6.23. The predicted molar refractivity (Wildman–Crippen MR) is 130 cm³/mol. The number of likely N-dealkylation sites (tertiary alicyclic amines) is 2. The van der Waals surface area contributed by atoms with Gasteiger partial charge in [0.15, 0.2) is 0 Å². The van der Waals surface area contributed by atoms with E-state index >= 15 is 0 Å². The van der Waals surface area contributed by atoms with E-state index in [4.69, 9.17) is 0 Å². The Hall–Kier alpha value is -2.11. The molecule has 2 amide bonds. The highest BCUT2D eigenvalue weighted by Crippen LogP contribution is 2.26. The molecule has 2 saturated heterocycles. The Bertz CT molecular complexity index is 990. The predicted octanol–water partition coefficient (Wildman–Crippen LogP) is 1.71. The Labute approximate surface area is 205 Å². The minimum Gasteiger partial charge on any atom is -0.480 e. The Morgan fingerprint density at radius 1 is 1.12 bits per heavy atom. The molecule has 0 radical (unpaired) electrons. The number of carbonyl (C=O) groups is 3. The number of hydrogen-bond donors (Lipinski definition) is 2. The van der Waals surface area contributed by atoms with Crippen LogP contribution in [0.1, 0.15) is 37.7 Å². The summed E-state index contributed by atoms with van der Waals surface area (Å²) in [5.74, 6) is -1.13. The van der Waals surface area contributed by atoms with Crippen molar-refractivity contribution in [3.8, 4) is 0 Å². The number of nitrogens with zero attached hydrogens (tertiary/aromatic N) is 2. The summed E-state index contributed by atoms with van der Waals surface area (Å²) in [4.78, 5) is 40.8. The lowest BCUT2D eigenvalue weighted by Crippen LogP contribution is -2.52. The minimum absolute atomic E-state index is 0.114. The molecule has 0 bridgehead atoms. The molecule has 0 aromatic heterocycles. The van der Waals surface area contributed by atoms with Crippen LogP contribution in [0.3, 0.4) is 0 Å². The van der Waals surface area contributed by atoms with Gasteiger partial charge in [-0.15, -0.1) is 0 Å². The van der Waals surface area contributed by atoms with Gasteiger partial charge >= 0.3 is 5.97 Å². The number of benzene rings is 1. The smallest absolute Gasteiger partial charge is 0.326 e. The van der Waals surface area contributed by atoms with E-state index in [9.17, 15) is 27.9 Å². The van der Waals surface area contributed by atoms with Crippen LogP contribution in [0, 0.1) is 12.8 Å². The molecule has 1 aromatic carbocycles. The Kier molecular flexibility index (Phi) is 9.00. The number of thioether (sulfide) groups is 1. The van der Waals surface area contributed by atoms with Crippen LogP contribution in [-0.4, -0.2) is 84.8 Å². The van der Waals surface area contributed by atoms with Crippen molar-refractivity contribution in [3.05, 3.63) is 29.8 Å². The Morgan fingerprint density at radius 3 is 2.35 bits per heavy atom. The van der Waals surface area contributed by atoms with E-state index in [-0.39, 0.29) is 22.6 Å². The largest absolute Gasteiger partial charge is 0.480 e. The monoisotopic (exact) mass is 511 g/mol. The number of rotatable bonds is 9. The van der Waals surface area contributed by atoms with E-state index in [1.54, 1.807) is 17.0 Å². The van der Waals surface area contributed by atoms with Crippen LogP contribution in [0.5, 0.6) is 0 Å². The summed E-state index contributed by atoms with van der Waals surface area (Å²) >= 11 is 1.53. The molecule has 34 heavy (non-hydrogen) atoms. The van der Waals surface area contributed by atoms with E-state index in [2.05, 4.69) is 4.72 Å². The molecule has 2 atom stereocenters. The first-order valence-electron chi connectivity index (χ1n) is 11.5. The summed E-state index contributed by atoms with van der Waals surface area (Å²) in [7, 11) is -3.86. The van der Waals surface area contributed by atoms with Gasteiger partial charge in [-0.3, -0.25) is 9.59 Å². The molecule has 0 unspecified atom stereocenters. The highest BCUT2D eigenvalue weighted by atomic mass is 32.2. The lowest BCUT2D eigenvalue weighted by Gasteiger charge is -2.35. The van der Waals surface area contributed by atoms with Crippen molar-refractivity contribution in [1.29, 1.82) is 0 Å². The molecule has 2 heterocycles. The van der Waals surface area contributed by atoms with Crippen LogP contribution in [0.25, 0.3) is 0 Å². The first-order valence-corrected chi connectivity index (χ1v) is 14.4. The number of amides is 2. The van der Waals surface area contributed by atoms with E-state index in [1.807, 2.05) is 13.2 Å². The lowest BCUT2D eigenvalue weighted by atomic mass is 9.94. The number of aliphatic carboxylic acids is 1. The maximum Gasteiger partial charge on any atom is 0.326 e. The van der Waals surface area contributed by atoms with E-state index in [0.29, 0.717) is 57.5 Å². The number of carboxylic acids is 1. The Morgan fingerprint density at radius 2 is 1.76 bits per heavy atom. The van der Waals surface area contributed by atoms with Crippen molar-refractivity contribution >= 4 is 39.6 Å². The molecule has 9 nitrogen and oxygen atoms in total. The minimum atomic E-state index is -3.86. The second-order valence-corrected chi connectivity index (χ2v) is 11.6. The van der Waals surface area contributed by atoms with Crippen LogP contribution >= 0.6 is 11.8 Å². The van der Waals surface area contributed by atoms with Crippen molar-refractivity contribution in [2.24, 2.45) is 5.92 Å².